The van der Waals surface area contributed by atoms with Crippen LogP contribution in [-0.2, 0) is 19.6 Å². The number of anilines is 1. The predicted octanol–water partition coefficient (Wildman–Crippen LogP) is 5.64. The lowest BCUT2D eigenvalue weighted by Crippen LogP contribution is -2.24. The molecule has 2 nitrogen and oxygen atoms in total. The first kappa shape index (κ1) is 18.2. The van der Waals surface area contributed by atoms with Gasteiger partial charge in [-0.05, 0) is 28.0 Å². The lowest BCUT2D eigenvalue weighted by molar-refractivity contribution is 0.602. The lowest BCUT2D eigenvalue weighted by Gasteiger charge is -2.27. The summed E-state index contributed by atoms with van der Waals surface area (Å²) in [6.45, 7) is 1.41. The molecule has 0 heterocycles. The standard InChI is InChI=1S/C25H23FN2/c26-25-23(16-27)22-14-8-7-13-21(22)15-24(25)28(17-19-9-3-1-4-10-19)18-20-11-5-2-6-12-20/h1-15H,16-18,27H2. The Kier molecular flexibility index (Phi) is 5.36. The number of nitrogens with two attached hydrogens (primary N) is 1. The van der Waals surface area contributed by atoms with Gasteiger partial charge in [0.1, 0.15) is 0 Å². The zero-order valence-electron chi connectivity index (χ0n) is 15.7. The zero-order chi connectivity index (χ0) is 19.3. The summed E-state index contributed by atoms with van der Waals surface area (Å²) in [6.07, 6.45) is 0. The van der Waals surface area contributed by atoms with Crippen molar-refractivity contribution >= 4 is 16.5 Å². The molecule has 140 valence electrons. The topological polar surface area (TPSA) is 29.3 Å². The van der Waals surface area contributed by atoms with Gasteiger partial charge in [0, 0.05) is 25.2 Å². The summed E-state index contributed by atoms with van der Waals surface area (Å²) < 4.78 is 15.5. The predicted molar refractivity (Wildman–Crippen MR) is 115 cm³/mol. The molecular weight excluding hydrogens is 347 g/mol. The summed E-state index contributed by atoms with van der Waals surface area (Å²) in [4.78, 5) is 2.09. The van der Waals surface area contributed by atoms with Crippen molar-refractivity contribution in [3.63, 3.8) is 0 Å². The highest BCUT2D eigenvalue weighted by Crippen LogP contribution is 2.32. The van der Waals surface area contributed by atoms with E-state index in [9.17, 15) is 0 Å². The maximum atomic E-state index is 15.5. The molecule has 0 bridgehead atoms. The third kappa shape index (κ3) is 3.75. The van der Waals surface area contributed by atoms with Crippen LogP contribution in [0.2, 0.25) is 0 Å². The molecule has 4 aromatic carbocycles. The molecule has 0 saturated heterocycles. The van der Waals surface area contributed by atoms with Crippen LogP contribution in [-0.4, -0.2) is 0 Å². The maximum absolute atomic E-state index is 15.5. The molecule has 28 heavy (non-hydrogen) atoms. The summed E-state index contributed by atoms with van der Waals surface area (Å²) in [5, 5.41) is 1.89. The van der Waals surface area contributed by atoms with Gasteiger partial charge >= 0.3 is 0 Å². The fourth-order valence-electron chi connectivity index (χ4n) is 3.64. The number of rotatable bonds is 6. The fourth-order valence-corrected chi connectivity index (χ4v) is 3.64. The third-order valence-corrected chi connectivity index (χ3v) is 5.05. The van der Waals surface area contributed by atoms with Crippen molar-refractivity contribution < 1.29 is 4.39 Å². The Morgan fingerprint density at radius 3 is 1.82 bits per heavy atom. The molecule has 0 aliphatic rings. The summed E-state index contributed by atoms with van der Waals surface area (Å²) in [5.41, 5.74) is 9.37. The van der Waals surface area contributed by atoms with Crippen LogP contribution in [0.25, 0.3) is 10.8 Å². The minimum Gasteiger partial charge on any atom is -0.360 e. The number of nitrogens with zero attached hydrogens (tertiary/aromatic N) is 1. The van der Waals surface area contributed by atoms with Crippen molar-refractivity contribution in [3.05, 3.63) is 114 Å². The quantitative estimate of drug-likeness (QED) is 0.476. The Hall–Kier alpha value is -3.17. The van der Waals surface area contributed by atoms with Crippen LogP contribution in [0, 0.1) is 5.82 Å². The normalized spacial score (nSPS) is 10.9. The van der Waals surface area contributed by atoms with E-state index in [1.54, 1.807) is 0 Å². The van der Waals surface area contributed by atoms with Crippen molar-refractivity contribution in [2.24, 2.45) is 5.73 Å². The number of benzene rings is 4. The SMILES string of the molecule is NCc1c(F)c(N(Cc2ccccc2)Cc2ccccc2)cc2ccccc12. The van der Waals surface area contributed by atoms with E-state index >= 15 is 4.39 Å². The zero-order valence-corrected chi connectivity index (χ0v) is 15.7. The van der Waals surface area contributed by atoms with Crippen molar-refractivity contribution in [2.75, 3.05) is 4.90 Å². The van der Waals surface area contributed by atoms with E-state index in [0.29, 0.717) is 24.3 Å². The number of hydrogen-bond donors (Lipinski definition) is 1. The Bertz CT molecular complexity index is 1020. The first-order valence-electron chi connectivity index (χ1n) is 9.49. The molecule has 0 radical (unpaired) electrons. The van der Waals surface area contributed by atoms with Crippen LogP contribution >= 0.6 is 0 Å². The molecule has 4 rings (SSSR count). The van der Waals surface area contributed by atoms with E-state index in [2.05, 4.69) is 29.2 Å². The van der Waals surface area contributed by atoms with Crippen molar-refractivity contribution in [1.29, 1.82) is 0 Å². The number of halogens is 1. The highest BCUT2D eigenvalue weighted by molar-refractivity contribution is 5.89. The lowest BCUT2D eigenvalue weighted by atomic mass is 10.0. The molecule has 0 aliphatic carbocycles. The second-order valence-corrected chi connectivity index (χ2v) is 6.94. The molecule has 0 aliphatic heterocycles. The van der Waals surface area contributed by atoms with Gasteiger partial charge in [0.05, 0.1) is 5.69 Å². The fraction of sp³-hybridized carbons (Fsp3) is 0.120. The molecule has 0 saturated carbocycles. The van der Waals surface area contributed by atoms with Gasteiger partial charge in [-0.25, -0.2) is 4.39 Å². The smallest absolute Gasteiger partial charge is 0.151 e. The van der Waals surface area contributed by atoms with Gasteiger partial charge in [-0.3, -0.25) is 0 Å². The summed E-state index contributed by atoms with van der Waals surface area (Å²) in [5.74, 6) is -0.229. The first-order chi connectivity index (χ1) is 13.8. The molecular formula is C25H23FN2. The maximum Gasteiger partial charge on any atom is 0.151 e. The van der Waals surface area contributed by atoms with Crippen LogP contribution in [0.1, 0.15) is 16.7 Å². The Labute approximate surface area is 165 Å². The van der Waals surface area contributed by atoms with Crippen molar-refractivity contribution in [3.8, 4) is 0 Å². The molecule has 0 aromatic heterocycles. The van der Waals surface area contributed by atoms with Gasteiger partial charge in [-0.2, -0.15) is 0 Å². The minimum absolute atomic E-state index is 0.171. The van der Waals surface area contributed by atoms with Crippen LogP contribution in [0.5, 0.6) is 0 Å². The van der Waals surface area contributed by atoms with E-state index < -0.39 is 0 Å². The monoisotopic (exact) mass is 370 g/mol. The van der Waals surface area contributed by atoms with E-state index in [1.165, 1.54) is 0 Å². The molecule has 0 amide bonds. The van der Waals surface area contributed by atoms with E-state index in [1.807, 2.05) is 66.7 Å². The van der Waals surface area contributed by atoms with E-state index in [0.717, 1.165) is 21.9 Å². The highest BCUT2D eigenvalue weighted by Gasteiger charge is 2.18. The van der Waals surface area contributed by atoms with Gasteiger partial charge in [-0.15, -0.1) is 0 Å². The Balaban J connectivity index is 1.82. The van der Waals surface area contributed by atoms with Crippen molar-refractivity contribution in [1.82, 2.24) is 0 Å². The summed E-state index contributed by atoms with van der Waals surface area (Å²) >= 11 is 0. The second kappa shape index (κ2) is 8.24. The van der Waals surface area contributed by atoms with Crippen LogP contribution in [0.15, 0.2) is 91.0 Å². The highest BCUT2D eigenvalue weighted by atomic mass is 19.1. The molecule has 2 N–H and O–H groups in total. The Morgan fingerprint density at radius 2 is 1.25 bits per heavy atom. The average Bonchev–Trinajstić information content (AvgIpc) is 2.74. The molecule has 0 fully saturated rings. The van der Waals surface area contributed by atoms with Gasteiger partial charge in [0.2, 0.25) is 0 Å². The average molecular weight is 370 g/mol. The summed E-state index contributed by atoms with van der Waals surface area (Å²) in [7, 11) is 0. The third-order valence-electron chi connectivity index (χ3n) is 5.05. The van der Waals surface area contributed by atoms with Crippen molar-refractivity contribution in [2.45, 2.75) is 19.6 Å². The first-order valence-corrected chi connectivity index (χ1v) is 9.49. The van der Waals surface area contributed by atoms with Gasteiger partial charge in [-0.1, -0.05) is 84.9 Å². The number of fused-ring (bicyclic) bond motifs is 1. The number of hydrogen-bond acceptors (Lipinski definition) is 2. The van der Waals surface area contributed by atoms with Crippen LogP contribution in [0.3, 0.4) is 0 Å². The second-order valence-electron chi connectivity index (χ2n) is 6.94. The minimum atomic E-state index is -0.229. The molecule has 3 heteroatoms. The van der Waals surface area contributed by atoms with Crippen LogP contribution in [0.4, 0.5) is 10.1 Å². The summed E-state index contributed by atoms with van der Waals surface area (Å²) in [6, 6.07) is 30.1. The molecule has 0 atom stereocenters. The van der Waals surface area contributed by atoms with Crippen LogP contribution < -0.4 is 10.6 Å². The van der Waals surface area contributed by atoms with E-state index in [-0.39, 0.29) is 12.4 Å². The Morgan fingerprint density at radius 1 is 0.714 bits per heavy atom. The van der Waals surface area contributed by atoms with Gasteiger partial charge in [0.25, 0.3) is 0 Å². The molecule has 0 unspecified atom stereocenters. The van der Waals surface area contributed by atoms with Gasteiger partial charge in [0.15, 0.2) is 5.82 Å². The molecule has 4 aromatic rings. The largest absolute Gasteiger partial charge is 0.360 e. The van der Waals surface area contributed by atoms with E-state index in [4.69, 9.17) is 5.73 Å². The molecule has 0 spiro atoms. The van der Waals surface area contributed by atoms with Gasteiger partial charge < -0.3 is 10.6 Å².